The van der Waals surface area contributed by atoms with Crippen LogP contribution in [0.2, 0.25) is 10.0 Å². The van der Waals surface area contributed by atoms with Crippen molar-refractivity contribution in [1.82, 2.24) is 10.2 Å². The first-order chi connectivity index (χ1) is 17.8. The van der Waals surface area contributed by atoms with Gasteiger partial charge in [-0.15, -0.1) is 11.8 Å². The van der Waals surface area contributed by atoms with Crippen molar-refractivity contribution in [3.05, 3.63) is 105 Å². The first-order valence-electron chi connectivity index (χ1n) is 12.5. The Balaban J connectivity index is 1.91. The Bertz CT molecular complexity index is 1170. The molecule has 0 bridgehead atoms. The molecule has 7 heteroatoms. The highest BCUT2D eigenvalue weighted by Crippen LogP contribution is 2.28. The number of nitrogens with zero attached hydrogens (tertiary/aromatic N) is 1. The first kappa shape index (κ1) is 29.1. The molecule has 1 N–H and O–H groups in total. The molecule has 0 aliphatic carbocycles. The van der Waals surface area contributed by atoms with Gasteiger partial charge in [-0.1, -0.05) is 90.8 Å². The summed E-state index contributed by atoms with van der Waals surface area (Å²) in [6.45, 7) is 6.20. The molecule has 3 aromatic rings. The number of hydrogen-bond acceptors (Lipinski definition) is 3. The minimum absolute atomic E-state index is 0.0120. The number of nitrogens with one attached hydrogen (secondary N) is 1. The fraction of sp³-hybridized carbons (Fsp3) is 0.333. The summed E-state index contributed by atoms with van der Waals surface area (Å²) in [5.74, 6) is 0.633. The Hall–Kier alpha value is -2.47. The highest BCUT2D eigenvalue weighted by Gasteiger charge is 2.31. The van der Waals surface area contributed by atoms with E-state index in [-0.39, 0.29) is 30.2 Å². The van der Waals surface area contributed by atoms with Gasteiger partial charge in [-0.25, -0.2) is 0 Å². The normalized spacial score (nSPS) is 12.6. The molecule has 37 heavy (non-hydrogen) atoms. The fourth-order valence-corrected chi connectivity index (χ4v) is 5.46. The van der Waals surface area contributed by atoms with Gasteiger partial charge in [0.2, 0.25) is 11.8 Å². The molecule has 0 aliphatic rings. The van der Waals surface area contributed by atoms with E-state index in [4.69, 9.17) is 23.2 Å². The highest BCUT2D eigenvalue weighted by molar-refractivity contribution is 7.99. The lowest BCUT2D eigenvalue weighted by atomic mass is 10.0. The van der Waals surface area contributed by atoms with Crippen LogP contribution in [0.1, 0.15) is 42.5 Å². The van der Waals surface area contributed by atoms with Crippen LogP contribution in [0, 0.1) is 6.92 Å². The third-order valence-corrected chi connectivity index (χ3v) is 8.08. The highest BCUT2D eigenvalue weighted by atomic mass is 35.5. The van der Waals surface area contributed by atoms with E-state index in [2.05, 4.69) is 24.4 Å². The first-order valence-corrected chi connectivity index (χ1v) is 14.4. The van der Waals surface area contributed by atoms with Crippen molar-refractivity contribution in [3.8, 4) is 0 Å². The molecule has 0 unspecified atom stereocenters. The number of carbonyl (C=O) groups excluding carboxylic acids is 2. The Labute approximate surface area is 234 Å². The van der Waals surface area contributed by atoms with Gasteiger partial charge in [0.25, 0.3) is 0 Å². The lowest BCUT2D eigenvalue weighted by Gasteiger charge is -2.32. The van der Waals surface area contributed by atoms with Gasteiger partial charge in [-0.2, -0.15) is 0 Å². The standard InChI is InChI=1S/C30H34Cl2N2O2S/c1-4-22(3)33-30(36)28(17-23-12-6-5-7-13-23)34(18-25-26(31)15-10-16-27(25)32)29(35)20-37-19-24-14-9-8-11-21(24)2/h5-16,22,28H,4,17-20H2,1-3H3,(H,33,36)/t22-,28-/m1/s1. The Kier molecular flexibility index (Phi) is 11.4. The molecular formula is C30H34Cl2N2O2S. The quantitative estimate of drug-likeness (QED) is 0.259. The largest absolute Gasteiger partial charge is 0.352 e. The molecule has 0 saturated carbocycles. The lowest BCUT2D eigenvalue weighted by Crippen LogP contribution is -2.52. The summed E-state index contributed by atoms with van der Waals surface area (Å²) in [5, 5.41) is 4.03. The number of benzene rings is 3. The molecule has 0 aromatic heterocycles. The van der Waals surface area contributed by atoms with Gasteiger partial charge in [0.15, 0.2) is 0 Å². The lowest BCUT2D eigenvalue weighted by molar-refractivity contribution is -0.139. The number of aryl methyl sites for hydroxylation is 1. The van der Waals surface area contributed by atoms with Crippen molar-refractivity contribution in [2.24, 2.45) is 0 Å². The third kappa shape index (κ3) is 8.53. The van der Waals surface area contributed by atoms with Crippen LogP contribution in [0.25, 0.3) is 0 Å². The Morgan fingerprint density at radius 3 is 2.24 bits per heavy atom. The molecule has 3 aromatic carbocycles. The maximum Gasteiger partial charge on any atom is 0.243 e. The number of amides is 2. The molecule has 0 heterocycles. The van der Waals surface area contributed by atoms with Crippen LogP contribution >= 0.6 is 35.0 Å². The van der Waals surface area contributed by atoms with Gasteiger partial charge in [0.1, 0.15) is 6.04 Å². The second kappa shape index (κ2) is 14.5. The second-order valence-corrected chi connectivity index (χ2v) is 11.0. The van der Waals surface area contributed by atoms with E-state index >= 15 is 0 Å². The van der Waals surface area contributed by atoms with Gasteiger partial charge in [-0.3, -0.25) is 9.59 Å². The fourth-order valence-electron chi connectivity index (χ4n) is 3.95. The van der Waals surface area contributed by atoms with Crippen LogP contribution in [0.5, 0.6) is 0 Å². The van der Waals surface area contributed by atoms with Crippen LogP contribution in [-0.2, 0) is 28.3 Å². The van der Waals surface area contributed by atoms with E-state index in [0.29, 0.717) is 27.8 Å². The zero-order valence-electron chi connectivity index (χ0n) is 21.5. The summed E-state index contributed by atoms with van der Waals surface area (Å²) in [6, 6.07) is 22.5. The van der Waals surface area contributed by atoms with E-state index < -0.39 is 6.04 Å². The molecule has 0 fully saturated rings. The zero-order chi connectivity index (χ0) is 26.8. The smallest absolute Gasteiger partial charge is 0.243 e. The van der Waals surface area contributed by atoms with Crippen LogP contribution < -0.4 is 5.32 Å². The van der Waals surface area contributed by atoms with E-state index in [1.807, 2.05) is 56.3 Å². The van der Waals surface area contributed by atoms with Crippen LogP contribution in [0.4, 0.5) is 0 Å². The van der Waals surface area contributed by atoms with Gasteiger partial charge in [0.05, 0.1) is 5.75 Å². The van der Waals surface area contributed by atoms with Crippen molar-refractivity contribution in [2.75, 3.05) is 5.75 Å². The van der Waals surface area contributed by atoms with Gasteiger partial charge < -0.3 is 10.2 Å². The predicted molar refractivity (Wildman–Crippen MR) is 156 cm³/mol. The van der Waals surface area contributed by atoms with Crippen LogP contribution in [-0.4, -0.2) is 34.6 Å². The summed E-state index contributed by atoms with van der Waals surface area (Å²) in [4.78, 5) is 29.0. The number of rotatable bonds is 12. The minimum atomic E-state index is -0.713. The minimum Gasteiger partial charge on any atom is -0.352 e. The van der Waals surface area contributed by atoms with E-state index in [0.717, 1.165) is 12.0 Å². The molecular weight excluding hydrogens is 523 g/mol. The summed E-state index contributed by atoms with van der Waals surface area (Å²) < 4.78 is 0. The molecule has 3 rings (SSSR count). The van der Waals surface area contributed by atoms with Gasteiger partial charge in [-0.05, 0) is 49.1 Å². The maximum atomic E-state index is 13.8. The van der Waals surface area contributed by atoms with Crippen molar-refractivity contribution >= 4 is 46.8 Å². The van der Waals surface area contributed by atoms with Crippen molar-refractivity contribution in [2.45, 2.75) is 58.0 Å². The van der Waals surface area contributed by atoms with Crippen LogP contribution in [0.15, 0.2) is 72.8 Å². The summed E-state index contributed by atoms with van der Waals surface area (Å²) >= 11 is 14.5. The summed E-state index contributed by atoms with van der Waals surface area (Å²) in [5.41, 5.74) is 3.99. The second-order valence-electron chi connectivity index (χ2n) is 9.16. The van der Waals surface area contributed by atoms with Crippen molar-refractivity contribution < 1.29 is 9.59 Å². The van der Waals surface area contributed by atoms with Crippen molar-refractivity contribution in [1.29, 1.82) is 0 Å². The Morgan fingerprint density at radius 1 is 0.946 bits per heavy atom. The third-order valence-electron chi connectivity index (χ3n) is 6.41. The number of carbonyl (C=O) groups is 2. The average Bonchev–Trinajstić information content (AvgIpc) is 2.89. The molecule has 0 saturated heterocycles. The Morgan fingerprint density at radius 2 is 1.59 bits per heavy atom. The molecule has 0 radical (unpaired) electrons. The van der Waals surface area contributed by atoms with Gasteiger partial charge in [0, 0.05) is 40.4 Å². The molecule has 196 valence electrons. The number of halogens is 2. The maximum absolute atomic E-state index is 13.8. The average molecular weight is 558 g/mol. The summed E-state index contributed by atoms with van der Waals surface area (Å²) in [7, 11) is 0. The predicted octanol–water partition coefficient (Wildman–Crippen LogP) is 7.09. The molecule has 0 spiro atoms. The number of thioether (sulfide) groups is 1. The molecule has 0 aliphatic heterocycles. The van der Waals surface area contributed by atoms with Gasteiger partial charge >= 0.3 is 0 Å². The molecule has 2 amide bonds. The van der Waals surface area contributed by atoms with E-state index in [9.17, 15) is 9.59 Å². The SMILES string of the molecule is CC[C@@H](C)NC(=O)[C@@H](Cc1ccccc1)N(Cc1c(Cl)cccc1Cl)C(=O)CSCc1ccccc1C. The zero-order valence-corrected chi connectivity index (χ0v) is 23.9. The van der Waals surface area contributed by atoms with E-state index in [1.165, 1.54) is 11.1 Å². The molecule has 4 nitrogen and oxygen atoms in total. The monoisotopic (exact) mass is 556 g/mol. The van der Waals surface area contributed by atoms with Crippen molar-refractivity contribution in [3.63, 3.8) is 0 Å². The van der Waals surface area contributed by atoms with E-state index in [1.54, 1.807) is 34.9 Å². The topological polar surface area (TPSA) is 49.4 Å². The molecule has 2 atom stereocenters. The number of hydrogen-bond donors (Lipinski definition) is 1. The summed E-state index contributed by atoms with van der Waals surface area (Å²) in [6.07, 6.45) is 1.18. The van der Waals surface area contributed by atoms with Crippen LogP contribution in [0.3, 0.4) is 0 Å².